The van der Waals surface area contributed by atoms with Gasteiger partial charge in [0, 0.05) is 59.7 Å². The van der Waals surface area contributed by atoms with Crippen LogP contribution >= 0.6 is 11.6 Å². The van der Waals surface area contributed by atoms with Crippen molar-refractivity contribution in [3.8, 4) is 5.75 Å². The topological polar surface area (TPSA) is 80.7 Å². The van der Waals surface area contributed by atoms with E-state index in [2.05, 4.69) is 38.4 Å². The highest BCUT2D eigenvalue weighted by Gasteiger charge is 2.38. The molecule has 4 aliphatic rings. The fourth-order valence-electron chi connectivity index (χ4n) is 6.84. The van der Waals surface area contributed by atoms with E-state index in [1.54, 1.807) is 6.07 Å². The number of fused-ring (bicyclic) bond motifs is 3. The first-order valence-corrected chi connectivity index (χ1v) is 18.4. The summed E-state index contributed by atoms with van der Waals surface area (Å²) >= 11 is 6.46. The van der Waals surface area contributed by atoms with Gasteiger partial charge in [-0.3, -0.25) is 13.9 Å². The molecule has 0 radical (unpaired) electrons. The van der Waals surface area contributed by atoms with Crippen LogP contribution in [0.2, 0.25) is 5.02 Å². The maximum Gasteiger partial charge on any atom is 0.284 e. The van der Waals surface area contributed by atoms with Crippen LogP contribution in [0.5, 0.6) is 5.75 Å². The van der Waals surface area contributed by atoms with Crippen LogP contribution in [0.1, 0.15) is 60.0 Å². The van der Waals surface area contributed by atoms with Crippen molar-refractivity contribution in [3.05, 3.63) is 70.3 Å². The van der Waals surface area contributed by atoms with E-state index in [-0.39, 0.29) is 6.10 Å². The van der Waals surface area contributed by atoms with Crippen LogP contribution in [0.4, 0.5) is 5.69 Å². The lowest BCUT2D eigenvalue weighted by Gasteiger charge is -2.44. The van der Waals surface area contributed by atoms with Crippen molar-refractivity contribution >= 4 is 33.8 Å². The molecular weight excluding hydrogens is 610 g/mol. The largest absolute Gasteiger partial charge is 0.491 e. The lowest BCUT2D eigenvalue weighted by Crippen LogP contribution is -2.44. The van der Waals surface area contributed by atoms with Gasteiger partial charge in [0.1, 0.15) is 5.75 Å². The Bertz CT molecular complexity index is 1440. The van der Waals surface area contributed by atoms with Crippen LogP contribution in [-0.2, 0) is 33.0 Å². The smallest absolute Gasteiger partial charge is 0.284 e. The van der Waals surface area contributed by atoms with E-state index in [0.29, 0.717) is 49.3 Å². The van der Waals surface area contributed by atoms with Gasteiger partial charge in [-0.2, -0.15) is 4.36 Å². The Balaban J connectivity index is 1.33. The number of carbonyl (C=O) groups is 1. The molecule has 0 aromatic heterocycles. The number of thiol groups is 1. The molecule has 2 fully saturated rings. The molecule has 8 nitrogen and oxygen atoms in total. The molecular formula is C35H46ClN3O5S. The van der Waals surface area contributed by atoms with Gasteiger partial charge in [0.05, 0.1) is 38.2 Å². The Morgan fingerprint density at radius 1 is 1.02 bits per heavy atom. The van der Waals surface area contributed by atoms with Crippen molar-refractivity contribution < 1.29 is 23.2 Å². The molecule has 1 saturated carbocycles. The third-order valence-electron chi connectivity index (χ3n) is 9.60. The van der Waals surface area contributed by atoms with Crippen molar-refractivity contribution in [2.75, 3.05) is 63.3 Å². The van der Waals surface area contributed by atoms with Gasteiger partial charge in [0.25, 0.3) is 5.91 Å². The molecule has 6 rings (SSSR count). The number of halogens is 1. The van der Waals surface area contributed by atoms with Crippen LogP contribution in [0.3, 0.4) is 0 Å². The Morgan fingerprint density at radius 2 is 1.91 bits per heavy atom. The number of rotatable bonds is 4. The number of carbonyl (C=O) groups excluding carboxylic acids is 1. The van der Waals surface area contributed by atoms with Crippen LogP contribution in [0, 0.1) is 11.8 Å². The molecule has 10 heteroatoms. The van der Waals surface area contributed by atoms with Gasteiger partial charge in [-0.25, -0.2) is 0 Å². The molecule has 1 amide bonds. The van der Waals surface area contributed by atoms with E-state index in [4.69, 9.17) is 25.8 Å². The molecule has 1 saturated heterocycles. The fourth-order valence-corrected chi connectivity index (χ4v) is 7.91. The summed E-state index contributed by atoms with van der Waals surface area (Å²) in [6.45, 7) is 7.13. The number of amides is 1. The molecule has 3 aliphatic heterocycles. The minimum atomic E-state index is -1.98. The summed E-state index contributed by atoms with van der Waals surface area (Å²) in [5, 5.41) is 0.750. The molecule has 244 valence electrons. The monoisotopic (exact) mass is 655 g/mol. The Hall–Kier alpha value is -2.43. The minimum absolute atomic E-state index is 0.0230. The Labute approximate surface area is 274 Å². The fraction of sp³-hybridized carbons (Fsp3) is 0.571. The number of nitrogens with zero attached hydrogens (tertiary/aromatic N) is 3. The van der Waals surface area contributed by atoms with Gasteiger partial charge in [0.2, 0.25) is 0 Å². The van der Waals surface area contributed by atoms with Crippen molar-refractivity contribution in [1.29, 1.82) is 0 Å². The average molecular weight is 656 g/mol. The lowest BCUT2D eigenvalue weighted by molar-refractivity contribution is -0.0314. The van der Waals surface area contributed by atoms with E-state index in [1.807, 2.05) is 18.2 Å². The van der Waals surface area contributed by atoms with Gasteiger partial charge in [-0.1, -0.05) is 29.8 Å². The molecule has 2 aromatic carbocycles. The van der Waals surface area contributed by atoms with E-state index in [1.165, 1.54) is 11.1 Å². The molecule has 0 spiro atoms. The summed E-state index contributed by atoms with van der Waals surface area (Å²) in [5.74, 6) is 1.53. The predicted molar refractivity (Wildman–Crippen MR) is 180 cm³/mol. The van der Waals surface area contributed by atoms with Gasteiger partial charge >= 0.3 is 0 Å². The quantitative estimate of drug-likeness (QED) is 0.322. The second-order valence-corrected chi connectivity index (χ2v) is 14.4. The zero-order valence-electron chi connectivity index (χ0n) is 26.1. The second kappa shape index (κ2) is 15.9. The van der Waals surface area contributed by atoms with Gasteiger partial charge < -0.3 is 19.1 Å². The maximum atomic E-state index is 13.2. The first-order chi connectivity index (χ1) is 22.0. The van der Waals surface area contributed by atoms with E-state index < -0.39 is 16.5 Å². The van der Waals surface area contributed by atoms with E-state index in [0.717, 1.165) is 94.4 Å². The molecule has 2 bridgehead atoms. The molecule has 45 heavy (non-hydrogen) atoms. The van der Waals surface area contributed by atoms with E-state index in [9.17, 15) is 9.00 Å². The number of morpholine rings is 1. The summed E-state index contributed by atoms with van der Waals surface area (Å²) in [6, 6.07) is 11.8. The van der Waals surface area contributed by atoms with Gasteiger partial charge in [-0.15, -0.1) is 0 Å². The van der Waals surface area contributed by atoms with Crippen molar-refractivity contribution in [2.45, 2.75) is 57.6 Å². The predicted octanol–water partition coefficient (Wildman–Crippen LogP) is 5.96. The van der Waals surface area contributed by atoms with Crippen LogP contribution in [0.25, 0.3) is 0 Å². The summed E-state index contributed by atoms with van der Waals surface area (Å²) in [5.41, 5.74) is 3.82. The zero-order chi connectivity index (χ0) is 31.0. The molecule has 2 aromatic rings. The molecule has 1 aliphatic carbocycles. The molecule has 0 N–H and O–H groups in total. The van der Waals surface area contributed by atoms with Gasteiger partial charge in [0.15, 0.2) is 0 Å². The number of anilines is 1. The molecule has 3 heterocycles. The first kappa shape index (κ1) is 32.5. The molecule has 4 atom stereocenters. The highest BCUT2D eigenvalue weighted by Crippen LogP contribution is 2.42. The number of hydrogen-bond acceptors (Lipinski definition) is 7. The first-order valence-electron chi connectivity index (χ1n) is 16.6. The van der Waals surface area contributed by atoms with Crippen LogP contribution in [0.15, 0.2) is 52.9 Å². The summed E-state index contributed by atoms with van der Waals surface area (Å²) in [7, 11) is -1.98. The van der Waals surface area contributed by atoms with Crippen molar-refractivity contribution in [3.63, 3.8) is 0 Å². The SMILES string of the molecule is O=C1/N=[SH](=O)\CCC/C=C/[C@H](OCCN2CCOCC2)[C@@H]2CC[C@H]2CN2Cc3ccc(Cl)cc3CCCCOc3ccc1cc32. The highest BCUT2D eigenvalue weighted by atomic mass is 35.5. The zero-order valence-corrected chi connectivity index (χ0v) is 27.7. The Morgan fingerprint density at radius 3 is 2.76 bits per heavy atom. The highest BCUT2D eigenvalue weighted by molar-refractivity contribution is 7.75. The second-order valence-electron chi connectivity index (χ2n) is 12.6. The summed E-state index contributed by atoms with van der Waals surface area (Å²) in [4.78, 5) is 18.0. The Kier molecular flexibility index (Phi) is 11.5. The molecule has 1 unspecified atom stereocenters. The normalized spacial score (nSPS) is 27.8. The summed E-state index contributed by atoms with van der Waals surface area (Å²) < 4.78 is 35.4. The summed E-state index contributed by atoms with van der Waals surface area (Å²) in [6.07, 6.45) is 11.0. The van der Waals surface area contributed by atoms with Crippen molar-refractivity contribution in [1.82, 2.24) is 4.90 Å². The number of allylic oxidation sites excluding steroid dienone is 1. The number of ether oxygens (including phenoxy) is 3. The number of hydrogen-bond donors (Lipinski definition) is 1. The average Bonchev–Trinajstić information content (AvgIpc) is 3.05. The number of aryl methyl sites for hydroxylation is 1. The lowest BCUT2D eigenvalue weighted by atomic mass is 9.70. The van der Waals surface area contributed by atoms with Gasteiger partial charge in [-0.05, 0) is 98.2 Å². The van der Waals surface area contributed by atoms with Crippen molar-refractivity contribution in [2.24, 2.45) is 16.2 Å². The van der Waals surface area contributed by atoms with Crippen LogP contribution in [-0.4, -0.2) is 79.5 Å². The minimum Gasteiger partial charge on any atom is -0.491 e. The maximum absolute atomic E-state index is 13.2. The third-order valence-corrected chi connectivity index (χ3v) is 10.9. The third kappa shape index (κ3) is 8.69. The standard InChI is InChI=1S/C35H46ClN3O5S/c36-30-11-8-28-24-39-25-29-9-12-31(29)33(44-20-16-38-14-18-42-19-15-38)7-2-1-5-21-45(41)37-35(40)27-10-13-34(32(39)23-27)43-17-4-3-6-26(28)22-30/h2,7-8,10-11,13,22-23,29,31,33,45H,1,3-6,9,12,14-21,24-25H2/b7-2+/t29-,31+,33-/m0/s1. The van der Waals surface area contributed by atoms with Crippen LogP contribution < -0.4 is 9.64 Å². The number of benzene rings is 2. The van der Waals surface area contributed by atoms with E-state index >= 15 is 0 Å².